The minimum Gasteiger partial charge on any atom is -0.325 e. The van der Waals surface area contributed by atoms with Gasteiger partial charge in [0.2, 0.25) is 5.91 Å². The van der Waals surface area contributed by atoms with E-state index in [4.69, 9.17) is 5.26 Å². The highest BCUT2D eigenvalue weighted by molar-refractivity contribution is 5.94. The number of anilines is 1. The summed E-state index contributed by atoms with van der Waals surface area (Å²) in [6.07, 6.45) is 3.54. The molecule has 4 nitrogen and oxygen atoms in total. The maximum atomic E-state index is 12.8. The Morgan fingerprint density at radius 3 is 2.50 bits per heavy atom. The van der Waals surface area contributed by atoms with Crippen molar-refractivity contribution in [1.29, 1.82) is 5.26 Å². The number of benzene rings is 1. The maximum absolute atomic E-state index is 12.8. The molecule has 0 radical (unpaired) electrons. The third-order valence-electron chi connectivity index (χ3n) is 2.77. The zero-order valence-electron chi connectivity index (χ0n) is 10.6. The highest BCUT2D eigenvalue weighted by atomic mass is 19.1. The van der Waals surface area contributed by atoms with Gasteiger partial charge in [-0.2, -0.15) is 5.26 Å². The molecular formula is C15H12FN3O. The topological polar surface area (TPSA) is 65.8 Å². The Kier molecular flexibility index (Phi) is 4.40. The molecule has 0 aliphatic carbocycles. The molecule has 2 aromatic rings. The Balaban J connectivity index is 2.03. The third-order valence-corrected chi connectivity index (χ3v) is 2.77. The van der Waals surface area contributed by atoms with Gasteiger partial charge < -0.3 is 5.32 Å². The molecule has 1 amide bonds. The SMILES string of the molecule is N#C[C@@H](Cc1ccncc1)C(=O)Nc1ccc(F)cc1. The molecule has 1 atom stereocenters. The van der Waals surface area contributed by atoms with E-state index < -0.39 is 11.8 Å². The van der Waals surface area contributed by atoms with Crippen molar-refractivity contribution in [2.45, 2.75) is 6.42 Å². The lowest BCUT2D eigenvalue weighted by atomic mass is 10.0. The van der Waals surface area contributed by atoms with Crippen LogP contribution < -0.4 is 5.32 Å². The van der Waals surface area contributed by atoms with Crippen LogP contribution in [-0.2, 0) is 11.2 Å². The molecule has 0 aliphatic rings. The summed E-state index contributed by atoms with van der Waals surface area (Å²) in [6.45, 7) is 0. The van der Waals surface area contributed by atoms with Crippen LogP contribution in [0.4, 0.5) is 10.1 Å². The van der Waals surface area contributed by atoms with Gasteiger partial charge in [0.1, 0.15) is 11.7 Å². The Labute approximate surface area is 115 Å². The van der Waals surface area contributed by atoms with Crippen molar-refractivity contribution >= 4 is 11.6 Å². The largest absolute Gasteiger partial charge is 0.325 e. The number of nitrogens with zero attached hydrogens (tertiary/aromatic N) is 2. The van der Waals surface area contributed by atoms with E-state index in [1.165, 1.54) is 24.3 Å². The van der Waals surface area contributed by atoms with Crippen LogP contribution in [0.3, 0.4) is 0 Å². The zero-order valence-corrected chi connectivity index (χ0v) is 10.6. The van der Waals surface area contributed by atoms with E-state index in [9.17, 15) is 9.18 Å². The fraction of sp³-hybridized carbons (Fsp3) is 0.133. The maximum Gasteiger partial charge on any atom is 0.242 e. The highest BCUT2D eigenvalue weighted by Crippen LogP contribution is 2.13. The van der Waals surface area contributed by atoms with Crippen LogP contribution in [0, 0.1) is 23.1 Å². The molecule has 1 heterocycles. The second-order valence-electron chi connectivity index (χ2n) is 4.24. The van der Waals surface area contributed by atoms with Crippen molar-refractivity contribution in [3.05, 3.63) is 60.2 Å². The van der Waals surface area contributed by atoms with Gasteiger partial charge in [-0.3, -0.25) is 9.78 Å². The molecule has 0 saturated carbocycles. The molecule has 1 N–H and O–H groups in total. The fourth-order valence-electron chi connectivity index (χ4n) is 1.71. The minimum absolute atomic E-state index is 0.312. The van der Waals surface area contributed by atoms with Crippen molar-refractivity contribution < 1.29 is 9.18 Å². The first-order valence-electron chi connectivity index (χ1n) is 6.04. The molecule has 0 unspecified atom stereocenters. The van der Waals surface area contributed by atoms with Gasteiger partial charge in [-0.25, -0.2) is 4.39 Å². The summed E-state index contributed by atoms with van der Waals surface area (Å²) < 4.78 is 12.8. The summed E-state index contributed by atoms with van der Waals surface area (Å²) in [5.41, 5.74) is 1.33. The molecule has 1 aromatic heterocycles. The number of hydrogen-bond acceptors (Lipinski definition) is 3. The minimum atomic E-state index is -0.803. The first-order valence-corrected chi connectivity index (χ1v) is 6.04. The molecule has 0 spiro atoms. The van der Waals surface area contributed by atoms with Crippen molar-refractivity contribution in [2.24, 2.45) is 5.92 Å². The summed E-state index contributed by atoms with van der Waals surface area (Å²) >= 11 is 0. The Morgan fingerprint density at radius 1 is 1.25 bits per heavy atom. The average molecular weight is 269 g/mol. The summed E-state index contributed by atoms with van der Waals surface area (Å²) in [4.78, 5) is 15.9. The first kappa shape index (κ1) is 13.7. The van der Waals surface area contributed by atoms with E-state index in [1.807, 2.05) is 6.07 Å². The summed E-state index contributed by atoms with van der Waals surface area (Å²) in [5.74, 6) is -1.59. The normalized spacial score (nSPS) is 11.4. The lowest BCUT2D eigenvalue weighted by Gasteiger charge is -2.10. The monoisotopic (exact) mass is 269 g/mol. The van der Waals surface area contributed by atoms with Crippen LogP contribution in [0.5, 0.6) is 0 Å². The number of carbonyl (C=O) groups excluding carboxylic acids is 1. The molecule has 2 rings (SSSR count). The van der Waals surface area contributed by atoms with Gasteiger partial charge in [-0.15, -0.1) is 0 Å². The van der Waals surface area contributed by atoms with Crippen LogP contribution in [0.25, 0.3) is 0 Å². The van der Waals surface area contributed by atoms with Crippen molar-refractivity contribution in [1.82, 2.24) is 4.98 Å². The number of halogens is 1. The number of carbonyl (C=O) groups is 1. The number of pyridine rings is 1. The number of amides is 1. The molecule has 100 valence electrons. The number of nitrogens with one attached hydrogen (secondary N) is 1. The molecule has 0 saturated heterocycles. The predicted molar refractivity (Wildman–Crippen MR) is 72.1 cm³/mol. The van der Waals surface area contributed by atoms with Gasteiger partial charge in [0.25, 0.3) is 0 Å². The molecular weight excluding hydrogens is 257 g/mol. The third kappa shape index (κ3) is 3.62. The molecule has 1 aromatic carbocycles. The van der Waals surface area contributed by atoms with E-state index in [0.29, 0.717) is 12.1 Å². The van der Waals surface area contributed by atoms with Crippen molar-refractivity contribution in [2.75, 3.05) is 5.32 Å². The molecule has 0 bridgehead atoms. The highest BCUT2D eigenvalue weighted by Gasteiger charge is 2.18. The van der Waals surface area contributed by atoms with Crippen molar-refractivity contribution in [3.8, 4) is 6.07 Å². The van der Waals surface area contributed by atoms with Gasteiger partial charge in [0.15, 0.2) is 0 Å². The number of rotatable bonds is 4. The van der Waals surface area contributed by atoms with Crippen molar-refractivity contribution in [3.63, 3.8) is 0 Å². The number of aromatic nitrogens is 1. The van der Waals surface area contributed by atoms with Crippen LogP contribution in [0.15, 0.2) is 48.8 Å². The fourth-order valence-corrected chi connectivity index (χ4v) is 1.71. The summed E-state index contributed by atoms with van der Waals surface area (Å²) in [5, 5.41) is 11.7. The van der Waals surface area contributed by atoms with Gasteiger partial charge in [0, 0.05) is 18.1 Å². The standard InChI is InChI=1S/C15H12FN3O/c16-13-1-3-14(4-2-13)19-15(20)12(10-17)9-11-5-7-18-8-6-11/h1-8,12H,9H2,(H,19,20)/t12-/m1/s1. The van der Waals surface area contributed by atoms with E-state index in [-0.39, 0.29) is 5.82 Å². The smallest absolute Gasteiger partial charge is 0.242 e. The van der Waals surface area contributed by atoms with E-state index in [0.717, 1.165) is 5.56 Å². The Hall–Kier alpha value is -2.74. The molecule has 0 fully saturated rings. The van der Waals surface area contributed by atoms with Gasteiger partial charge >= 0.3 is 0 Å². The van der Waals surface area contributed by atoms with Gasteiger partial charge in [0.05, 0.1) is 6.07 Å². The van der Waals surface area contributed by atoms with Gasteiger partial charge in [-0.05, 0) is 48.4 Å². The van der Waals surface area contributed by atoms with Gasteiger partial charge in [-0.1, -0.05) is 0 Å². The first-order chi connectivity index (χ1) is 9.69. The molecule has 5 heteroatoms. The summed E-state index contributed by atoms with van der Waals surface area (Å²) in [6, 6.07) is 10.9. The number of nitriles is 1. The second kappa shape index (κ2) is 6.43. The van der Waals surface area contributed by atoms with E-state index in [2.05, 4.69) is 10.3 Å². The van der Waals surface area contributed by atoms with Crippen LogP contribution in [0.2, 0.25) is 0 Å². The van der Waals surface area contributed by atoms with E-state index >= 15 is 0 Å². The Bertz CT molecular complexity index is 620. The molecule has 20 heavy (non-hydrogen) atoms. The van der Waals surface area contributed by atoms with E-state index in [1.54, 1.807) is 24.5 Å². The Morgan fingerprint density at radius 2 is 1.90 bits per heavy atom. The molecule has 0 aliphatic heterocycles. The lowest BCUT2D eigenvalue weighted by molar-refractivity contribution is -0.118. The van der Waals surface area contributed by atoms with Crippen LogP contribution >= 0.6 is 0 Å². The second-order valence-corrected chi connectivity index (χ2v) is 4.24. The lowest BCUT2D eigenvalue weighted by Crippen LogP contribution is -2.23. The van der Waals surface area contributed by atoms with Crippen LogP contribution in [0.1, 0.15) is 5.56 Å². The average Bonchev–Trinajstić information content (AvgIpc) is 2.48. The predicted octanol–water partition coefficient (Wildman–Crippen LogP) is 2.54. The number of hydrogen-bond donors (Lipinski definition) is 1. The zero-order chi connectivity index (χ0) is 14.4. The quantitative estimate of drug-likeness (QED) is 0.927. The summed E-state index contributed by atoms with van der Waals surface area (Å²) in [7, 11) is 0. The van der Waals surface area contributed by atoms with Crippen LogP contribution in [-0.4, -0.2) is 10.9 Å².